The highest BCUT2D eigenvalue weighted by Gasteiger charge is 2.13. The van der Waals surface area contributed by atoms with Crippen molar-refractivity contribution in [3.05, 3.63) is 63.6 Å². The number of rotatable bonds is 3. The zero-order chi connectivity index (χ0) is 14.0. The Morgan fingerprint density at radius 3 is 2.37 bits per heavy atom. The third-order valence-corrected chi connectivity index (χ3v) is 3.42. The number of anilines is 1. The summed E-state index contributed by atoms with van der Waals surface area (Å²) < 4.78 is 52.6. The van der Waals surface area contributed by atoms with Crippen molar-refractivity contribution in [1.82, 2.24) is 0 Å². The molecule has 2 rings (SSSR count). The van der Waals surface area contributed by atoms with Gasteiger partial charge in [0.15, 0.2) is 17.5 Å². The van der Waals surface area contributed by atoms with Gasteiger partial charge in [-0.05, 0) is 39.7 Å². The Morgan fingerprint density at radius 1 is 0.895 bits per heavy atom. The maximum absolute atomic E-state index is 13.4. The molecule has 1 N–H and O–H groups in total. The topological polar surface area (TPSA) is 12.0 Å². The van der Waals surface area contributed by atoms with Crippen molar-refractivity contribution >= 4 is 21.6 Å². The van der Waals surface area contributed by atoms with Gasteiger partial charge < -0.3 is 5.32 Å². The van der Waals surface area contributed by atoms with Crippen molar-refractivity contribution in [2.75, 3.05) is 5.32 Å². The van der Waals surface area contributed by atoms with Gasteiger partial charge in [-0.15, -0.1) is 0 Å². The minimum atomic E-state index is -1.54. The first-order chi connectivity index (χ1) is 9.00. The molecule has 6 heteroatoms. The number of nitrogens with one attached hydrogen (secondary N) is 1. The second kappa shape index (κ2) is 5.61. The highest BCUT2D eigenvalue weighted by Crippen LogP contribution is 2.23. The SMILES string of the molecule is Fc1ccc(NCc2cccc(F)c2Br)c(F)c1F. The molecule has 0 heterocycles. The minimum Gasteiger partial charge on any atom is -0.378 e. The van der Waals surface area contributed by atoms with E-state index in [1.807, 2.05) is 0 Å². The van der Waals surface area contributed by atoms with Crippen LogP contribution >= 0.6 is 15.9 Å². The van der Waals surface area contributed by atoms with Gasteiger partial charge in [-0.2, -0.15) is 0 Å². The molecule has 1 nitrogen and oxygen atoms in total. The Bertz CT molecular complexity index is 616. The van der Waals surface area contributed by atoms with E-state index in [1.165, 1.54) is 12.1 Å². The highest BCUT2D eigenvalue weighted by molar-refractivity contribution is 9.10. The van der Waals surface area contributed by atoms with Crippen molar-refractivity contribution < 1.29 is 17.6 Å². The Labute approximate surface area is 115 Å². The van der Waals surface area contributed by atoms with E-state index in [2.05, 4.69) is 21.2 Å². The monoisotopic (exact) mass is 333 g/mol. The molecule has 0 unspecified atom stereocenters. The normalized spacial score (nSPS) is 10.6. The lowest BCUT2D eigenvalue weighted by atomic mass is 10.2. The molecule has 0 aliphatic rings. The molecule has 0 radical (unpaired) electrons. The van der Waals surface area contributed by atoms with E-state index in [-0.39, 0.29) is 16.7 Å². The van der Waals surface area contributed by atoms with Crippen molar-refractivity contribution in [2.45, 2.75) is 6.54 Å². The lowest BCUT2D eigenvalue weighted by Crippen LogP contribution is -2.05. The average molecular weight is 334 g/mol. The number of hydrogen-bond acceptors (Lipinski definition) is 1. The van der Waals surface area contributed by atoms with E-state index >= 15 is 0 Å². The van der Waals surface area contributed by atoms with Crippen LogP contribution in [0.25, 0.3) is 0 Å². The fraction of sp³-hybridized carbons (Fsp3) is 0.0769. The smallest absolute Gasteiger partial charge is 0.196 e. The average Bonchev–Trinajstić information content (AvgIpc) is 2.40. The first-order valence-corrected chi connectivity index (χ1v) is 6.10. The molecule has 19 heavy (non-hydrogen) atoms. The Kier molecular flexibility index (Phi) is 4.09. The molecule has 0 saturated heterocycles. The summed E-state index contributed by atoms with van der Waals surface area (Å²) in [5, 5.41) is 2.59. The maximum Gasteiger partial charge on any atom is 0.196 e. The molecular weight excluding hydrogens is 326 g/mol. The summed E-state index contributed by atoms with van der Waals surface area (Å²) in [5.74, 6) is -4.55. The summed E-state index contributed by atoms with van der Waals surface area (Å²) in [6.07, 6.45) is 0. The molecule has 0 bridgehead atoms. The molecule has 2 aromatic rings. The van der Waals surface area contributed by atoms with E-state index in [9.17, 15) is 17.6 Å². The van der Waals surface area contributed by atoms with E-state index < -0.39 is 23.3 Å². The van der Waals surface area contributed by atoms with Crippen molar-refractivity contribution in [2.24, 2.45) is 0 Å². The van der Waals surface area contributed by atoms with E-state index in [0.29, 0.717) is 5.56 Å². The Hall–Kier alpha value is -1.56. The molecule has 0 aliphatic heterocycles. The standard InChI is InChI=1S/C13H8BrF4N/c14-11-7(2-1-3-8(11)15)6-19-10-5-4-9(16)12(17)13(10)18/h1-5,19H,6H2. The second-order valence-corrected chi connectivity index (χ2v) is 4.58. The molecule has 2 aromatic carbocycles. The van der Waals surface area contributed by atoms with Crippen LogP contribution < -0.4 is 5.32 Å². The van der Waals surface area contributed by atoms with Gasteiger partial charge in [0.25, 0.3) is 0 Å². The lowest BCUT2D eigenvalue weighted by Gasteiger charge is -2.10. The van der Waals surface area contributed by atoms with Crippen LogP contribution in [0.1, 0.15) is 5.56 Å². The lowest BCUT2D eigenvalue weighted by molar-refractivity contribution is 0.449. The van der Waals surface area contributed by atoms with Crippen LogP contribution in [-0.4, -0.2) is 0 Å². The molecule has 0 atom stereocenters. The summed E-state index contributed by atoms with van der Waals surface area (Å²) in [6, 6.07) is 6.30. The van der Waals surface area contributed by atoms with Crippen LogP contribution in [0.4, 0.5) is 23.2 Å². The summed E-state index contributed by atoms with van der Waals surface area (Å²) in [7, 11) is 0. The van der Waals surface area contributed by atoms with Crippen LogP contribution in [-0.2, 0) is 6.54 Å². The van der Waals surface area contributed by atoms with Crippen LogP contribution in [0.15, 0.2) is 34.8 Å². The molecular formula is C13H8BrF4N. The van der Waals surface area contributed by atoms with Crippen LogP contribution in [0.5, 0.6) is 0 Å². The number of halogens is 5. The Balaban J connectivity index is 2.20. The summed E-state index contributed by atoms with van der Waals surface area (Å²) in [5.41, 5.74) is 0.346. The molecule has 0 aromatic heterocycles. The van der Waals surface area contributed by atoms with E-state index in [4.69, 9.17) is 0 Å². The largest absolute Gasteiger partial charge is 0.378 e. The van der Waals surface area contributed by atoms with Crippen LogP contribution in [0, 0.1) is 23.3 Å². The van der Waals surface area contributed by atoms with Gasteiger partial charge in [0.2, 0.25) is 0 Å². The zero-order valence-electron chi connectivity index (χ0n) is 9.48. The molecule has 0 fully saturated rings. The Morgan fingerprint density at radius 2 is 1.63 bits per heavy atom. The molecule has 0 saturated carbocycles. The zero-order valence-corrected chi connectivity index (χ0v) is 11.1. The van der Waals surface area contributed by atoms with Gasteiger partial charge in [0.05, 0.1) is 10.2 Å². The predicted molar refractivity (Wildman–Crippen MR) is 67.7 cm³/mol. The molecule has 0 spiro atoms. The third kappa shape index (κ3) is 2.89. The fourth-order valence-electron chi connectivity index (χ4n) is 1.54. The molecule has 100 valence electrons. The van der Waals surface area contributed by atoms with E-state index in [0.717, 1.165) is 12.1 Å². The van der Waals surface area contributed by atoms with Gasteiger partial charge in [0.1, 0.15) is 5.82 Å². The summed E-state index contributed by atoms with van der Waals surface area (Å²) in [4.78, 5) is 0. The van der Waals surface area contributed by atoms with Gasteiger partial charge in [-0.3, -0.25) is 0 Å². The quantitative estimate of drug-likeness (QED) is 0.638. The third-order valence-electron chi connectivity index (χ3n) is 2.54. The first-order valence-electron chi connectivity index (χ1n) is 5.31. The fourth-order valence-corrected chi connectivity index (χ4v) is 1.94. The molecule has 0 amide bonds. The van der Waals surface area contributed by atoms with Crippen molar-refractivity contribution in [3.63, 3.8) is 0 Å². The van der Waals surface area contributed by atoms with E-state index in [1.54, 1.807) is 6.07 Å². The van der Waals surface area contributed by atoms with Crippen LogP contribution in [0.3, 0.4) is 0 Å². The first kappa shape index (κ1) is 13.9. The highest BCUT2D eigenvalue weighted by atomic mass is 79.9. The van der Waals surface area contributed by atoms with Crippen LogP contribution in [0.2, 0.25) is 0 Å². The van der Waals surface area contributed by atoms with Gasteiger partial charge >= 0.3 is 0 Å². The second-order valence-electron chi connectivity index (χ2n) is 3.79. The predicted octanol–water partition coefficient (Wildman–Crippen LogP) is 4.62. The summed E-state index contributed by atoms with van der Waals surface area (Å²) in [6.45, 7) is 0.0698. The summed E-state index contributed by atoms with van der Waals surface area (Å²) >= 11 is 3.06. The van der Waals surface area contributed by atoms with Gasteiger partial charge in [-0.1, -0.05) is 12.1 Å². The number of benzene rings is 2. The van der Waals surface area contributed by atoms with Crippen molar-refractivity contribution in [1.29, 1.82) is 0 Å². The van der Waals surface area contributed by atoms with Gasteiger partial charge in [0, 0.05) is 6.54 Å². The maximum atomic E-state index is 13.4. The number of hydrogen-bond donors (Lipinski definition) is 1. The minimum absolute atomic E-state index is 0.0698. The van der Waals surface area contributed by atoms with Gasteiger partial charge in [-0.25, -0.2) is 17.6 Å². The molecule has 0 aliphatic carbocycles. The van der Waals surface area contributed by atoms with Crippen molar-refractivity contribution in [3.8, 4) is 0 Å².